The van der Waals surface area contributed by atoms with Crippen molar-refractivity contribution in [3.05, 3.63) is 70.0 Å². The van der Waals surface area contributed by atoms with Gasteiger partial charge in [-0.15, -0.1) is 0 Å². The molecular formula is C19H16ClN3O3. The fourth-order valence-corrected chi connectivity index (χ4v) is 2.78. The molecule has 0 saturated carbocycles. The maximum atomic E-state index is 12.3. The summed E-state index contributed by atoms with van der Waals surface area (Å²) < 4.78 is 1.67. The van der Waals surface area contributed by atoms with Gasteiger partial charge in [0.05, 0.1) is 5.52 Å². The quantitative estimate of drug-likeness (QED) is 0.740. The van der Waals surface area contributed by atoms with Gasteiger partial charge in [-0.25, -0.2) is 0 Å². The van der Waals surface area contributed by atoms with Crippen molar-refractivity contribution >= 4 is 45.7 Å². The van der Waals surface area contributed by atoms with Gasteiger partial charge in [-0.3, -0.25) is 14.4 Å². The number of nitrogens with one attached hydrogen (secondary N) is 2. The van der Waals surface area contributed by atoms with Crippen molar-refractivity contribution in [3.8, 4) is 0 Å². The van der Waals surface area contributed by atoms with Crippen LogP contribution in [0.2, 0.25) is 5.02 Å². The number of amides is 2. The summed E-state index contributed by atoms with van der Waals surface area (Å²) in [6.07, 6.45) is 1.57. The van der Waals surface area contributed by atoms with Crippen LogP contribution in [0.25, 0.3) is 10.9 Å². The first kappa shape index (κ1) is 17.7. The summed E-state index contributed by atoms with van der Waals surface area (Å²) in [5.41, 5.74) is 1.73. The van der Waals surface area contributed by atoms with Gasteiger partial charge in [0.1, 0.15) is 6.54 Å². The number of pyridine rings is 1. The highest BCUT2D eigenvalue weighted by molar-refractivity contribution is 6.31. The minimum Gasteiger partial charge on any atom is -0.338 e. The molecule has 26 heavy (non-hydrogen) atoms. The molecule has 0 fully saturated rings. The number of anilines is 2. The van der Waals surface area contributed by atoms with E-state index >= 15 is 0 Å². The zero-order valence-corrected chi connectivity index (χ0v) is 14.7. The molecule has 1 aromatic heterocycles. The fraction of sp³-hybridized carbons (Fsp3) is 0.105. The molecule has 0 atom stereocenters. The zero-order valence-electron chi connectivity index (χ0n) is 14.0. The third-order valence-corrected chi connectivity index (χ3v) is 3.98. The summed E-state index contributed by atoms with van der Waals surface area (Å²) in [6, 6.07) is 13.2. The average Bonchev–Trinajstić information content (AvgIpc) is 2.59. The first-order valence-electron chi connectivity index (χ1n) is 7.88. The number of benzene rings is 2. The van der Waals surface area contributed by atoms with Crippen LogP contribution in [-0.2, 0) is 16.1 Å². The Balaban J connectivity index is 1.77. The van der Waals surface area contributed by atoms with Gasteiger partial charge < -0.3 is 15.2 Å². The maximum absolute atomic E-state index is 12.3. The van der Waals surface area contributed by atoms with Gasteiger partial charge in [0.2, 0.25) is 11.8 Å². The molecule has 0 radical (unpaired) electrons. The van der Waals surface area contributed by atoms with E-state index in [1.807, 2.05) is 0 Å². The molecule has 0 spiro atoms. The van der Waals surface area contributed by atoms with Crippen LogP contribution in [0, 0.1) is 0 Å². The highest BCUT2D eigenvalue weighted by Crippen LogP contribution is 2.17. The fourth-order valence-electron chi connectivity index (χ4n) is 2.61. The van der Waals surface area contributed by atoms with E-state index in [4.69, 9.17) is 11.6 Å². The monoisotopic (exact) mass is 369 g/mol. The number of hydrogen-bond donors (Lipinski definition) is 2. The largest absolute Gasteiger partial charge is 0.338 e. The third kappa shape index (κ3) is 4.10. The Hall–Kier alpha value is -3.12. The molecule has 3 aromatic rings. The lowest BCUT2D eigenvalue weighted by Crippen LogP contribution is -2.20. The molecule has 2 aromatic carbocycles. The van der Waals surface area contributed by atoms with Gasteiger partial charge in [-0.05, 0) is 42.5 Å². The number of hydrogen-bond acceptors (Lipinski definition) is 3. The first-order chi connectivity index (χ1) is 12.4. The van der Waals surface area contributed by atoms with Crippen LogP contribution in [0.3, 0.4) is 0 Å². The first-order valence-corrected chi connectivity index (χ1v) is 8.26. The molecule has 0 bridgehead atoms. The molecule has 2 N–H and O–H groups in total. The van der Waals surface area contributed by atoms with E-state index in [1.165, 1.54) is 13.0 Å². The molecule has 2 amide bonds. The van der Waals surface area contributed by atoms with Crippen LogP contribution in [0.15, 0.2) is 59.5 Å². The van der Waals surface area contributed by atoms with Gasteiger partial charge in [0.15, 0.2) is 5.43 Å². The standard InChI is InChI=1S/C19H16ClN3O3/c1-12(24)21-14-3-5-15(6-4-14)22-19(26)11-23-9-8-18(25)16-7-2-13(20)10-17(16)23/h2-10H,11H2,1H3,(H,21,24)(H,22,26). The molecule has 3 rings (SSSR count). The van der Waals surface area contributed by atoms with Crippen molar-refractivity contribution in [2.45, 2.75) is 13.5 Å². The third-order valence-electron chi connectivity index (χ3n) is 3.74. The van der Waals surface area contributed by atoms with E-state index in [9.17, 15) is 14.4 Å². The van der Waals surface area contributed by atoms with Gasteiger partial charge in [-0.1, -0.05) is 11.6 Å². The number of aromatic nitrogens is 1. The molecule has 0 unspecified atom stereocenters. The Kier molecular flexibility index (Phi) is 5.04. The van der Waals surface area contributed by atoms with Crippen LogP contribution in [0.1, 0.15) is 6.92 Å². The molecular weight excluding hydrogens is 354 g/mol. The van der Waals surface area contributed by atoms with Crippen LogP contribution in [0.5, 0.6) is 0 Å². The Morgan fingerprint density at radius 3 is 2.31 bits per heavy atom. The molecule has 7 heteroatoms. The molecule has 0 aliphatic rings. The van der Waals surface area contributed by atoms with Crippen molar-refractivity contribution in [2.24, 2.45) is 0 Å². The summed E-state index contributed by atoms with van der Waals surface area (Å²) in [6.45, 7) is 1.46. The van der Waals surface area contributed by atoms with Crippen LogP contribution < -0.4 is 16.1 Å². The smallest absolute Gasteiger partial charge is 0.244 e. The van der Waals surface area contributed by atoms with Crippen molar-refractivity contribution in [1.29, 1.82) is 0 Å². The van der Waals surface area contributed by atoms with E-state index in [-0.39, 0.29) is 23.8 Å². The second kappa shape index (κ2) is 7.41. The van der Waals surface area contributed by atoms with Crippen LogP contribution in [0.4, 0.5) is 11.4 Å². The lowest BCUT2D eigenvalue weighted by molar-refractivity contribution is -0.116. The number of carbonyl (C=O) groups is 2. The molecule has 1 heterocycles. The van der Waals surface area contributed by atoms with E-state index in [2.05, 4.69) is 10.6 Å². The maximum Gasteiger partial charge on any atom is 0.244 e. The van der Waals surface area contributed by atoms with Gasteiger partial charge >= 0.3 is 0 Å². The number of carbonyl (C=O) groups excluding carboxylic acids is 2. The zero-order chi connectivity index (χ0) is 18.7. The lowest BCUT2D eigenvalue weighted by Gasteiger charge is -2.12. The summed E-state index contributed by atoms with van der Waals surface area (Å²) in [4.78, 5) is 35.3. The topological polar surface area (TPSA) is 80.2 Å². The minimum atomic E-state index is -0.248. The normalized spacial score (nSPS) is 10.5. The molecule has 6 nitrogen and oxygen atoms in total. The minimum absolute atomic E-state index is 0.0323. The van der Waals surface area contributed by atoms with Gasteiger partial charge in [0, 0.05) is 41.0 Å². The summed E-state index contributed by atoms with van der Waals surface area (Å²) in [5, 5.41) is 6.43. The lowest BCUT2D eigenvalue weighted by atomic mass is 10.2. The van der Waals surface area contributed by atoms with E-state index in [0.717, 1.165) is 0 Å². The Bertz CT molecular complexity index is 1040. The summed E-state index contributed by atoms with van der Waals surface area (Å²) in [7, 11) is 0. The SMILES string of the molecule is CC(=O)Nc1ccc(NC(=O)Cn2ccc(=O)c3ccc(Cl)cc32)cc1. The van der Waals surface area contributed by atoms with Gasteiger partial charge in [0.25, 0.3) is 0 Å². The van der Waals surface area contributed by atoms with E-state index < -0.39 is 0 Å². The van der Waals surface area contributed by atoms with Crippen molar-refractivity contribution in [2.75, 3.05) is 10.6 Å². The number of rotatable bonds is 4. The van der Waals surface area contributed by atoms with Crippen LogP contribution >= 0.6 is 11.6 Å². The van der Waals surface area contributed by atoms with Crippen molar-refractivity contribution < 1.29 is 9.59 Å². The van der Waals surface area contributed by atoms with Crippen LogP contribution in [-0.4, -0.2) is 16.4 Å². The van der Waals surface area contributed by atoms with E-state index in [0.29, 0.717) is 27.3 Å². The summed E-state index contributed by atoms with van der Waals surface area (Å²) >= 11 is 6.01. The second-order valence-corrected chi connectivity index (χ2v) is 6.21. The predicted octanol–water partition coefficient (Wildman–Crippen LogP) is 3.25. The Morgan fingerprint density at radius 1 is 1.00 bits per heavy atom. The van der Waals surface area contributed by atoms with E-state index in [1.54, 1.807) is 53.2 Å². The molecule has 132 valence electrons. The Morgan fingerprint density at radius 2 is 1.65 bits per heavy atom. The summed E-state index contributed by atoms with van der Waals surface area (Å²) in [5.74, 6) is -0.409. The Labute approximate surface area is 154 Å². The molecule has 0 aliphatic carbocycles. The number of nitrogens with zero attached hydrogens (tertiary/aromatic N) is 1. The second-order valence-electron chi connectivity index (χ2n) is 5.78. The highest BCUT2D eigenvalue weighted by atomic mass is 35.5. The number of halogens is 1. The molecule has 0 aliphatic heterocycles. The van der Waals surface area contributed by atoms with Crippen molar-refractivity contribution in [1.82, 2.24) is 4.57 Å². The highest BCUT2D eigenvalue weighted by Gasteiger charge is 2.08. The van der Waals surface area contributed by atoms with Crippen molar-refractivity contribution in [3.63, 3.8) is 0 Å². The van der Waals surface area contributed by atoms with Gasteiger partial charge in [-0.2, -0.15) is 0 Å². The predicted molar refractivity (Wildman–Crippen MR) is 103 cm³/mol. The average molecular weight is 370 g/mol. The number of fused-ring (bicyclic) bond motifs is 1. The molecule has 0 saturated heterocycles.